The van der Waals surface area contributed by atoms with E-state index in [2.05, 4.69) is 5.32 Å². The number of halogens is 2. The minimum atomic E-state index is -3.59. The second kappa shape index (κ2) is 16.1. The lowest BCUT2D eigenvalue weighted by Gasteiger charge is -2.32. The van der Waals surface area contributed by atoms with Gasteiger partial charge >= 0.3 is 0 Å². The molecule has 2 amide bonds. The van der Waals surface area contributed by atoms with Crippen molar-refractivity contribution in [3.05, 3.63) is 99.0 Å². The Labute approximate surface area is 266 Å². The average molecular weight is 647 g/mol. The number of amides is 2. The second-order valence-corrected chi connectivity index (χ2v) is 13.6. The van der Waals surface area contributed by atoms with E-state index in [1.54, 1.807) is 23.1 Å². The average Bonchev–Trinajstić information content (AvgIpc) is 2.94. The van der Waals surface area contributed by atoms with E-state index in [0.29, 0.717) is 28.7 Å². The number of benzene rings is 3. The number of carbonyl (C=O) groups excluding carboxylic acids is 2. The number of sulfonamides is 1. The molecule has 0 bridgehead atoms. The molecule has 3 aromatic rings. The normalized spacial score (nSPS) is 12.0. The van der Waals surface area contributed by atoms with Crippen molar-refractivity contribution < 1.29 is 18.0 Å². The van der Waals surface area contributed by atoms with Crippen molar-refractivity contribution in [2.75, 3.05) is 23.7 Å². The molecule has 0 aliphatic carbocycles. The number of unbranched alkanes of at least 4 members (excludes halogenated alkanes) is 1. The van der Waals surface area contributed by atoms with Crippen molar-refractivity contribution in [3.63, 3.8) is 0 Å². The number of carbonyl (C=O) groups is 2. The van der Waals surface area contributed by atoms with Crippen LogP contribution >= 0.6 is 23.2 Å². The highest BCUT2D eigenvalue weighted by molar-refractivity contribution is 7.92. The van der Waals surface area contributed by atoms with Crippen LogP contribution in [0.1, 0.15) is 54.9 Å². The molecule has 1 N–H and O–H groups in total. The van der Waals surface area contributed by atoms with Crippen LogP contribution in [0.2, 0.25) is 10.0 Å². The summed E-state index contributed by atoms with van der Waals surface area (Å²) in [6.45, 7) is 6.65. The van der Waals surface area contributed by atoms with Crippen LogP contribution in [0.3, 0.4) is 0 Å². The monoisotopic (exact) mass is 645 g/mol. The predicted octanol–water partition coefficient (Wildman–Crippen LogP) is 6.71. The maximum atomic E-state index is 14.0. The number of aryl methyl sites for hydroxylation is 2. The maximum absolute atomic E-state index is 14.0. The SMILES string of the molecule is CCCCNC(=O)[C@H](Cc1ccccc1)N(Cc1ccc(Cl)c(Cl)c1)C(=O)CCCN(c1cc(C)cc(C)c1)S(C)(=O)=O. The van der Waals surface area contributed by atoms with E-state index in [1.807, 2.05) is 69.3 Å². The molecule has 232 valence electrons. The van der Waals surface area contributed by atoms with Gasteiger partial charge in [-0.2, -0.15) is 0 Å². The molecule has 1 atom stereocenters. The van der Waals surface area contributed by atoms with Gasteiger partial charge in [0.15, 0.2) is 0 Å². The van der Waals surface area contributed by atoms with Crippen LogP contribution in [0.5, 0.6) is 0 Å². The van der Waals surface area contributed by atoms with Gasteiger partial charge < -0.3 is 10.2 Å². The molecule has 0 unspecified atom stereocenters. The van der Waals surface area contributed by atoms with Crippen LogP contribution in [-0.4, -0.2) is 50.5 Å². The van der Waals surface area contributed by atoms with E-state index >= 15 is 0 Å². The molecular formula is C33H41Cl2N3O4S. The zero-order valence-electron chi connectivity index (χ0n) is 25.3. The summed E-state index contributed by atoms with van der Waals surface area (Å²) in [5.41, 5.74) is 4.12. The zero-order valence-corrected chi connectivity index (χ0v) is 27.6. The summed E-state index contributed by atoms with van der Waals surface area (Å²) in [6.07, 6.45) is 3.55. The maximum Gasteiger partial charge on any atom is 0.243 e. The van der Waals surface area contributed by atoms with Crippen LogP contribution in [0, 0.1) is 13.8 Å². The first-order valence-corrected chi connectivity index (χ1v) is 17.1. The topological polar surface area (TPSA) is 86.8 Å². The van der Waals surface area contributed by atoms with Gasteiger partial charge in [-0.1, -0.05) is 79.0 Å². The predicted molar refractivity (Wildman–Crippen MR) is 176 cm³/mol. The molecule has 3 rings (SSSR count). The Kier molecular flexibility index (Phi) is 12.9. The van der Waals surface area contributed by atoms with E-state index in [1.165, 1.54) is 10.6 Å². The summed E-state index contributed by atoms with van der Waals surface area (Å²) >= 11 is 12.4. The number of hydrogen-bond acceptors (Lipinski definition) is 4. The highest BCUT2D eigenvalue weighted by Crippen LogP contribution is 2.26. The van der Waals surface area contributed by atoms with Gasteiger partial charge in [0.05, 0.1) is 22.0 Å². The Morgan fingerprint density at radius 3 is 2.16 bits per heavy atom. The van der Waals surface area contributed by atoms with Crippen LogP contribution in [0.15, 0.2) is 66.7 Å². The minimum Gasteiger partial charge on any atom is -0.354 e. The molecule has 0 saturated carbocycles. The highest BCUT2D eigenvalue weighted by Gasteiger charge is 2.30. The van der Waals surface area contributed by atoms with Crippen LogP contribution in [0.4, 0.5) is 5.69 Å². The lowest BCUT2D eigenvalue weighted by molar-refractivity contribution is -0.141. The van der Waals surface area contributed by atoms with Gasteiger partial charge in [0.2, 0.25) is 21.8 Å². The Hall–Kier alpha value is -3.07. The molecule has 3 aromatic carbocycles. The minimum absolute atomic E-state index is 0.0473. The quantitative estimate of drug-likeness (QED) is 0.186. The van der Waals surface area contributed by atoms with Crippen LogP contribution in [0.25, 0.3) is 0 Å². The van der Waals surface area contributed by atoms with Gasteiger partial charge in [-0.15, -0.1) is 0 Å². The van der Waals surface area contributed by atoms with Gasteiger partial charge in [-0.25, -0.2) is 8.42 Å². The van der Waals surface area contributed by atoms with Crippen molar-refractivity contribution in [1.29, 1.82) is 0 Å². The number of nitrogens with zero attached hydrogens (tertiary/aromatic N) is 2. The third kappa shape index (κ3) is 10.6. The van der Waals surface area contributed by atoms with Crippen LogP contribution in [-0.2, 0) is 32.6 Å². The Morgan fingerprint density at radius 2 is 1.56 bits per heavy atom. The first kappa shape index (κ1) is 34.4. The molecule has 0 heterocycles. The first-order valence-electron chi connectivity index (χ1n) is 14.5. The second-order valence-electron chi connectivity index (χ2n) is 10.9. The van der Waals surface area contributed by atoms with E-state index in [-0.39, 0.29) is 37.7 Å². The molecule has 7 nitrogen and oxygen atoms in total. The molecular weight excluding hydrogens is 605 g/mol. The smallest absolute Gasteiger partial charge is 0.243 e. The molecule has 0 aliphatic rings. The molecule has 0 aliphatic heterocycles. The molecule has 43 heavy (non-hydrogen) atoms. The zero-order chi connectivity index (χ0) is 31.6. The van der Waals surface area contributed by atoms with Crippen molar-refractivity contribution in [1.82, 2.24) is 10.2 Å². The Bertz CT molecular complexity index is 1480. The molecule has 0 saturated heterocycles. The van der Waals surface area contributed by atoms with Gasteiger partial charge in [0.1, 0.15) is 6.04 Å². The largest absolute Gasteiger partial charge is 0.354 e. The standard InChI is InChI=1S/C33H41Cl2N3O4S/c1-5-6-16-36-33(40)31(22-26-11-8-7-9-12-26)37(23-27-14-15-29(34)30(35)21-27)32(39)13-10-17-38(43(4,41)42)28-19-24(2)18-25(3)20-28/h7-9,11-12,14-15,18-21,31H,5-6,10,13,16-17,22-23H2,1-4H3,(H,36,40)/t31-/m0/s1. The fourth-order valence-corrected chi connectivity index (χ4v) is 6.26. The van der Waals surface area contributed by atoms with Crippen LogP contribution < -0.4 is 9.62 Å². The third-order valence-corrected chi connectivity index (χ3v) is 9.02. The Morgan fingerprint density at radius 1 is 0.884 bits per heavy atom. The van der Waals surface area contributed by atoms with E-state index in [9.17, 15) is 18.0 Å². The molecule has 0 radical (unpaired) electrons. The lowest BCUT2D eigenvalue weighted by Crippen LogP contribution is -2.50. The van der Waals surface area contributed by atoms with E-state index < -0.39 is 16.1 Å². The number of nitrogens with one attached hydrogen (secondary N) is 1. The van der Waals surface area contributed by atoms with Crippen molar-refractivity contribution in [2.45, 2.75) is 65.5 Å². The summed E-state index contributed by atoms with van der Waals surface area (Å²) in [5, 5.41) is 3.76. The molecule has 0 fully saturated rings. The molecule has 10 heteroatoms. The van der Waals surface area contributed by atoms with Crippen molar-refractivity contribution in [3.8, 4) is 0 Å². The summed E-state index contributed by atoms with van der Waals surface area (Å²) in [4.78, 5) is 29.1. The summed E-state index contributed by atoms with van der Waals surface area (Å²) in [7, 11) is -3.59. The summed E-state index contributed by atoms with van der Waals surface area (Å²) in [6, 6.07) is 19.6. The number of hydrogen-bond donors (Lipinski definition) is 1. The Balaban J connectivity index is 1.90. The molecule has 0 spiro atoms. The van der Waals surface area contributed by atoms with Gasteiger partial charge in [0.25, 0.3) is 0 Å². The van der Waals surface area contributed by atoms with Gasteiger partial charge in [-0.3, -0.25) is 13.9 Å². The van der Waals surface area contributed by atoms with Crippen molar-refractivity contribution in [2.24, 2.45) is 0 Å². The highest BCUT2D eigenvalue weighted by atomic mass is 35.5. The lowest BCUT2D eigenvalue weighted by atomic mass is 10.0. The number of rotatable bonds is 15. The summed E-state index contributed by atoms with van der Waals surface area (Å²) in [5.74, 6) is -0.495. The fourth-order valence-electron chi connectivity index (χ4n) is 4.99. The number of anilines is 1. The van der Waals surface area contributed by atoms with Gasteiger partial charge in [-0.05, 0) is 73.2 Å². The van der Waals surface area contributed by atoms with E-state index in [4.69, 9.17) is 23.2 Å². The van der Waals surface area contributed by atoms with Crippen molar-refractivity contribution >= 4 is 50.7 Å². The fraction of sp³-hybridized carbons (Fsp3) is 0.394. The third-order valence-electron chi connectivity index (χ3n) is 7.08. The first-order chi connectivity index (χ1) is 20.4. The van der Waals surface area contributed by atoms with E-state index in [0.717, 1.165) is 35.1 Å². The molecule has 0 aromatic heterocycles. The van der Waals surface area contributed by atoms with Gasteiger partial charge in [0, 0.05) is 32.5 Å². The summed E-state index contributed by atoms with van der Waals surface area (Å²) < 4.78 is 26.8.